The topological polar surface area (TPSA) is 73.9 Å². The summed E-state index contributed by atoms with van der Waals surface area (Å²) in [5.41, 5.74) is 1.92. The summed E-state index contributed by atoms with van der Waals surface area (Å²) in [5, 5.41) is 2.68. The number of rotatable bonds is 7. The molecule has 2 aromatic rings. The third-order valence-electron chi connectivity index (χ3n) is 4.15. The van der Waals surface area contributed by atoms with Gasteiger partial charge in [0, 0.05) is 12.1 Å². The monoisotopic (exact) mass is 381 g/mol. The Kier molecular flexibility index (Phi) is 6.32. The van der Waals surface area contributed by atoms with Gasteiger partial charge in [0.05, 0.1) is 12.2 Å². The van der Waals surface area contributed by atoms with Gasteiger partial charge in [-0.2, -0.15) is 0 Å². The van der Waals surface area contributed by atoms with Crippen LogP contribution in [0.15, 0.2) is 48.0 Å². The number of carbonyl (C=O) groups excluding carboxylic acids is 2. The van der Waals surface area contributed by atoms with Crippen molar-refractivity contribution < 1.29 is 23.8 Å². The maximum absolute atomic E-state index is 12.7. The van der Waals surface area contributed by atoms with Crippen LogP contribution in [0, 0.1) is 0 Å². The molecule has 0 radical (unpaired) electrons. The lowest BCUT2D eigenvalue weighted by molar-refractivity contribution is -0.123. The SMILES string of the molecule is CCNC(=O)COc1ccc(/C=C2/COc3ccccc3C2=O)cc1OCC. The molecule has 0 spiro atoms. The van der Waals surface area contributed by atoms with Gasteiger partial charge in [-0.15, -0.1) is 0 Å². The standard InChI is InChI=1S/C22H23NO5/c1-3-23-21(24)14-28-19-10-9-15(12-20(19)26-4-2)11-16-13-27-18-8-6-5-7-17(18)22(16)25/h5-12H,3-4,13-14H2,1-2H3,(H,23,24)/b16-11-. The quantitative estimate of drug-likeness (QED) is 0.745. The van der Waals surface area contributed by atoms with Gasteiger partial charge in [-0.25, -0.2) is 0 Å². The Hall–Kier alpha value is -3.28. The van der Waals surface area contributed by atoms with Crippen LogP contribution in [0.25, 0.3) is 6.08 Å². The second kappa shape index (κ2) is 9.08. The Morgan fingerprint density at radius 2 is 1.96 bits per heavy atom. The summed E-state index contributed by atoms with van der Waals surface area (Å²) in [4.78, 5) is 24.3. The molecule has 0 atom stereocenters. The van der Waals surface area contributed by atoms with Gasteiger partial charge in [0.1, 0.15) is 12.4 Å². The number of Topliss-reactive ketones (excluding diaryl/α,β-unsaturated/α-hetero) is 1. The molecule has 1 aliphatic heterocycles. The van der Waals surface area contributed by atoms with Crippen molar-refractivity contribution in [2.75, 3.05) is 26.4 Å². The molecular weight excluding hydrogens is 358 g/mol. The molecule has 3 rings (SSSR count). The van der Waals surface area contributed by atoms with Gasteiger partial charge >= 0.3 is 0 Å². The lowest BCUT2D eigenvalue weighted by atomic mass is 9.98. The average molecular weight is 381 g/mol. The fourth-order valence-corrected chi connectivity index (χ4v) is 2.88. The number of hydrogen-bond donors (Lipinski definition) is 1. The molecule has 1 aliphatic rings. The van der Waals surface area contributed by atoms with Crippen LogP contribution in [-0.4, -0.2) is 38.1 Å². The van der Waals surface area contributed by atoms with Crippen LogP contribution in [0.1, 0.15) is 29.8 Å². The number of benzene rings is 2. The molecule has 28 heavy (non-hydrogen) atoms. The van der Waals surface area contributed by atoms with Crippen molar-refractivity contribution in [1.82, 2.24) is 5.32 Å². The van der Waals surface area contributed by atoms with E-state index in [2.05, 4.69) is 5.32 Å². The van der Waals surface area contributed by atoms with E-state index in [4.69, 9.17) is 14.2 Å². The number of ketones is 1. The summed E-state index contributed by atoms with van der Waals surface area (Å²) in [6, 6.07) is 12.5. The van der Waals surface area contributed by atoms with Crippen molar-refractivity contribution in [3.63, 3.8) is 0 Å². The summed E-state index contributed by atoms with van der Waals surface area (Å²) < 4.78 is 16.9. The van der Waals surface area contributed by atoms with Crippen LogP contribution in [0.3, 0.4) is 0 Å². The van der Waals surface area contributed by atoms with Crippen LogP contribution in [0.4, 0.5) is 0 Å². The maximum atomic E-state index is 12.7. The Balaban J connectivity index is 1.81. The lowest BCUT2D eigenvalue weighted by Gasteiger charge is -2.18. The zero-order valence-corrected chi connectivity index (χ0v) is 16.0. The largest absolute Gasteiger partial charge is 0.490 e. The van der Waals surface area contributed by atoms with Crippen LogP contribution in [-0.2, 0) is 4.79 Å². The maximum Gasteiger partial charge on any atom is 0.257 e. The number of ether oxygens (including phenoxy) is 3. The molecule has 0 saturated carbocycles. The van der Waals surface area contributed by atoms with Gasteiger partial charge in [0.25, 0.3) is 5.91 Å². The summed E-state index contributed by atoms with van der Waals surface area (Å²) in [6.07, 6.45) is 1.79. The number of hydrogen-bond acceptors (Lipinski definition) is 5. The highest BCUT2D eigenvalue weighted by Crippen LogP contribution is 2.31. The molecule has 0 unspecified atom stereocenters. The molecular formula is C22H23NO5. The first-order valence-electron chi connectivity index (χ1n) is 9.25. The summed E-state index contributed by atoms with van der Waals surface area (Å²) >= 11 is 0. The molecule has 1 amide bonds. The molecule has 0 fully saturated rings. The zero-order chi connectivity index (χ0) is 19.9. The first-order valence-corrected chi connectivity index (χ1v) is 9.25. The predicted octanol–water partition coefficient (Wildman–Crippen LogP) is 3.26. The summed E-state index contributed by atoms with van der Waals surface area (Å²) in [5.74, 6) is 1.36. The molecule has 6 nitrogen and oxygen atoms in total. The second-order valence-corrected chi connectivity index (χ2v) is 6.16. The number of amides is 1. The van der Waals surface area contributed by atoms with Gasteiger partial charge in [-0.3, -0.25) is 9.59 Å². The van der Waals surface area contributed by atoms with E-state index < -0.39 is 0 Å². The van der Waals surface area contributed by atoms with Crippen LogP contribution in [0.2, 0.25) is 0 Å². The van der Waals surface area contributed by atoms with E-state index in [9.17, 15) is 9.59 Å². The summed E-state index contributed by atoms with van der Waals surface area (Å²) in [6.45, 7) is 4.85. The molecule has 0 aliphatic carbocycles. The first kappa shape index (κ1) is 19.5. The highest BCUT2D eigenvalue weighted by atomic mass is 16.5. The van der Waals surface area contributed by atoms with Crippen molar-refractivity contribution in [2.45, 2.75) is 13.8 Å². The van der Waals surface area contributed by atoms with Gasteiger partial charge in [-0.1, -0.05) is 18.2 Å². The van der Waals surface area contributed by atoms with E-state index >= 15 is 0 Å². The Morgan fingerprint density at radius 3 is 2.75 bits per heavy atom. The van der Waals surface area contributed by atoms with E-state index in [1.807, 2.05) is 32.0 Å². The third-order valence-corrected chi connectivity index (χ3v) is 4.15. The van der Waals surface area contributed by atoms with Crippen LogP contribution in [0.5, 0.6) is 17.2 Å². The van der Waals surface area contributed by atoms with E-state index in [1.54, 1.807) is 30.3 Å². The zero-order valence-electron chi connectivity index (χ0n) is 16.0. The Bertz CT molecular complexity index is 904. The number of carbonyl (C=O) groups is 2. The van der Waals surface area contributed by atoms with E-state index in [-0.39, 0.29) is 24.9 Å². The predicted molar refractivity (Wildman–Crippen MR) is 106 cm³/mol. The van der Waals surface area contributed by atoms with Crippen molar-refractivity contribution in [3.05, 3.63) is 59.2 Å². The number of likely N-dealkylation sites (N-methyl/N-ethyl adjacent to an activating group) is 1. The van der Waals surface area contributed by atoms with Crippen LogP contribution < -0.4 is 19.5 Å². The molecule has 1 heterocycles. The fourth-order valence-electron chi connectivity index (χ4n) is 2.88. The fraction of sp³-hybridized carbons (Fsp3) is 0.273. The van der Waals surface area contributed by atoms with Crippen molar-refractivity contribution in [1.29, 1.82) is 0 Å². The van der Waals surface area contributed by atoms with Crippen molar-refractivity contribution in [2.24, 2.45) is 0 Å². The highest BCUT2D eigenvalue weighted by molar-refractivity contribution is 6.14. The number of fused-ring (bicyclic) bond motifs is 1. The molecule has 0 saturated heterocycles. The molecule has 0 bridgehead atoms. The molecule has 1 N–H and O–H groups in total. The molecule has 2 aromatic carbocycles. The second-order valence-electron chi connectivity index (χ2n) is 6.16. The van der Waals surface area contributed by atoms with E-state index in [1.165, 1.54) is 0 Å². The minimum Gasteiger partial charge on any atom is -0.490 e. The highest BCUT2D eigenvalue weighted by Gasteiger charge is 2.22. The smallest absolute Gasteiger partial charge is 0.257 e. The molecule has 146 valence electrons. The van der Waals surface area contributed by atoms with Crippen molar-refractivity contribution in [3.8, 4) is 17.2 Å². The minimum atomic E-state index is -0.195. The van der Waals surface area contributed by atoms with Gasteiger partial charge in [-0.05, 0) is 49.8 Å². The van der Waals surface area contributed by atoms with Gasteiger partial charge < -0.3 is 19.5 Å². The van der Waals surface area contributed by atoms with Gasteiger partial charge in [0.2, 0.25) is 0 Å². The van der Waals surface area contributed by atoms with Gasteiger partial charge in [0.15, 0.2) is 23.9 Å². The minimum absolute atomic E-state index is 0.0450. The lowest BCUT2D eigenvalue weighted by Crippen LogP contribution is -2.28. The number of nitrogens with one attached hydrogen (secondary N) is 1. The number of para-hydroxylation sites is 1. The Labute approximate surface area is 164 Å². The molecule has 6 heteroatoms. The van der Waals surface area contributed by atoms with Crippen LogP contribution >= 0.6 is 0 Å². The molecule has 0 aromatic heterocycles. The average Bonchev–Trinajstić information content (AvgIpc) is 2.70. The summed E-state index contributed by atoms with van der Waals surface area (Å²) in [7, 11) is 0. The van der Waals surface area contributed by atoms with E-state index in [0.717, 1.165) is 5.56 Å². The normalized spacial score (nSPS) is 14.2. The van der Waals surface area contributed by atoms with Crippen molar-refractivity contribution >= 4 is 17.8 Å². The Morgan fingerprint density at radius 1 is 1.14 bits per heavy atom. The first-order chi connectivity index (χ1) is 13.6. The third kappa shape index (κ3) is 4.52. The van der Waals surface area contributed by atoms with E-state index in [0.29, 0.717) is 41.5 Å².